The molecule has 0 aliphatic carbocycles. The maximum atomic E-state index is 13.2. The third-order valence-electron chi connectivity index (χ3n) is 2.13. The zero-order valence-electron chi connectivity index (χ0n) is 8.74. The van der Waals surface area contributed by atoms with Crippen molar-refractivity contribution in [1.29, 1.82) is 0 Å². The second kappa shape index (κ2) is 4.99. The fourth-order valence-corrected chi connectivity index (χ4v) is 1.62. The van der Waals surface area contributed by atoms with E-state index >= 15 is 0 Å². The van der Waals surface area contributed by atoms with Crippen LogP contribution in [0, 0.1) is 11.7 Å². The Morgan fingerprint density at radius 1 is 1.05 bits per heavy atom. The van der Waals surface area contributed by atoms with Gasteiger partial charge in [-0.3, -0.25) is 4.79 Å². The monoisotopic (exact) mass is 308 g/mol. The normalized spacial score (nSPS) is 12.9. The van der Waals surface area contributed by atoms with Gasteiger partial charge in [-0.05, 0) is 12.1 Å². The van der Waals surface area contributed by atoms with Gasteiger partial charge in [0.25, 0.3) is 0 Å². The molecule has 1 nitrogen and oxygen atoms in total. The zero-order valence-corrected chi connectivity index (χ0v) is 9.50. The lowest BCUT2D eigenvalue weighted by Crippen LogP contribution is -2.42. The molecular formula is C10H4ClF7O. The van der Waals surface area contributed by atoms with Crippen molar-refractivity contribution in [3.05, 3.63) is 34.6 Å². The smallest absolute Gasteiger partial charge is 0.293 e. The van der Waals surface area contributed by atoms with Gasteiger partial charge in [-0.25, -0.2) is 4.39 Å². The summed E-state index contributed by atoms with van der Waals surface area (Å²) >= 11 is 5.27. The molecule has 0 aliphatic rings. The van der Waals surface area contributed by atoms with Crippen molar-refractivity contribution >= 4 is 17.4 Å². The van der Waals surface area contributed by atoms with Gasteiger partial charge in [-0.1, -0.05) is 17.7 Å². The topological polar surface area (TPSA) is 17.1 Å². The van der Waals surface area contributed by atoms with Crippen LogP contribution in [0.3, 0.4) is 0 Å². The van der Waals surface area contributed by atoms with E-state index in [2.05, 4.69) is 0 Å². The standard InChI is InChI=1S/C10H4ClF7O/c11-4-2-1-3-5(12)6(4)7(19)8(9(13,14)15)10(16,17)18/h1-3,8H. The van der Waals surface area contributed by atoms with Crippen LogP contribution < -0.4 is 0 Å². The molecule has 0 N–H and O–H groups in total. The summed E-state index contributed by atoms with van der Waals surface area (Å²) in [5.41, 5.74) is -1.43. The zero-order chi connectivity index (χ0) is 15.0. The molecule has 0 fully saturated rings. The average Bonchev–Trinajstić information content (AvgIpc) is 2.11. The molecule has 0 aliphatic heterocycles. The van der Waals surface area contributed by atoms with Crippen molar-refractivity contribution in [3.8, 4) is 0 Å². The van der Waals surface area contributed by atoms with Crippen LogP contribution in [0.5, 0.6) is 0 Å². The van der Waals surface area contributed by atoms with E-state index in [1.165, 1.54) is 0 Å². The molecule has 0 radical (unpaired) electrons. The van der Waals surface area contributed by atoms with Crippen LogP contribution in [-0.4, -0.2) is 18.1 Å². The molecule has 0 saturated heterocycles. The van der Waals surface area contributed by atoms with Gasteiger partial charge in [0.2, 0.25) is 5.92 Å². The Morgan fingerprint density at radius 2 is 1.53 bits per heavy atom. The lowest BCUT2D eigenvalue weighted by molar-refractivity contribution is -0.264. The van der Waals surface area contributed by atoms with Gasteiger partial charge >= 0.3 is 12.4 Å². The number of ketones is 1. The van der Waals surface area contributed by atoms with Gasteiger partial charge in [-0.15, -0.1) is 0 Å². The van der Waals surface area contributed by atoms with Crippen LogP contribution in [0.4, 0.5) is 30.7 Å². The molecule has 0 unspecified atom stereocenters. The average molecular weight is 309 g/mol. The van der Waals surface area contributed by atoms with Crippen LogP contribution in [0.25, 0.3) is 0 Å². The third-order valence-corrected chi connectivity index (χ3v) is 2.44. The maximum Gasteiger partial charge on any atom is 0.407 e. The van der Waals surface area contributed by atoms with Gasteiger partial charge in [-0.2, -0.15) is 26.3 Å². The number of benzene rings is 1. The van der Waals surface area contributed by atoms with E-state index in [0.29, 0.717) is 6.07 Å². The second-order valence-corrected chi connectivity index (χ2v) is 3.88. The summed E-state index contributed by atoms with van der Waals surface area (Å²) in [6.45, 7) is 0. The van der Waals surface area contributed by atoms with Crippen molar-refractivity contribution < 1.29 is 35.5 Å². The summed E-state index contributed by atoms with van der Waals surface area (Å²) in [6, 6.07) is 2.31. The SMILES string of the molecule is O=C(c1c(F)cccc1Cl)C(C(F)(F)F)C(F)(F)F. The number of halogens is 8. The molecule has 1 rings (SSSR count). The predicted octanol–water partition coefficient (Wildman–Crippen LogP) is 4.40. The fraction of sp³-hybridized carbons (Fsp3) is 0.300. The molecule has 1 aromatic rings. The predicted molar refractivity (Wildman–Crippen MR) is 51.3 cm³/mol. The number of carbonyl (C=O) groups is 1. The van der Waals surface area contributed by atoms with E-state index in [1.807, 2.05) is 0 Å². The highest BCUT2D eigenvalue weighted by atomic mass is 35.5. The van der Waals surface area contributed by atoms with Crippen molar-refractivity contribution in [2.75, 3.05) is 0 Å². The minimum Gasteiger partial charge on any atom is -0.293 e. The van der Waals surface area contributed by atoms with Crippen LogP contribution in [0.2, 0.25) is 5.02 Å². The molecule has 9 heteroatoms. The van der Waals surface area contributed by atoms with Crippen molar-refractivity contribution in [3.63, 3.8) is 0 Å². The minimum atomic E-state index is -5.89. The molecule has 0 spiro atoms. The molecule has 1 aromatic carbocycles. The van der Waals surface area contributed by atoms with Crippen LogP contribution in [0.15, 0.2) is 18.2 Å². The second-order valence-electron chi connectivity index (χ2n) is 3.48. The first kappa shape index (κ1) is 15.7. The van der Waals surface area contributed by atoms with Crippen LogP contribution in [-0.2, 0) is 0 Å². The maximum absolute atomic E-state index is 13.2. The number of alkyl halides is 6. The number of rotatable bonds is 2. The summed E-state index contributed by atoms with van der Waals surface area (Å²) < 4.78 is 87.1. The van der Waals surface area contributed by atoms with Crippen molar-refractivity contribution in [1.82, 2.24) is 0 Å². The highest BCUT2D eigenvalue weighted by Gasteiger charge is 2.61. The summed E-state index contributed by atoms with van der Waals surface area (Å²) in [5.74, 6) is -8.33. The van der Waals surface area contributed by atoms with Gasteiger partial charge in [0.15, 0.2) is 5.78 Å². The molecule has 0 amide bonds. The van der Waals surface area contributed by atoms with E-state index in [-0.39, 0.29) is 0 Å². The lowest BCUT2D eigenvalue weighted by Gasteiger charge is -2.22. The summed E-state index contributed by atoms with van der Waals surface area (Å²) in [5, 5.41) is -0.816. The molecule has 0 atom stereocenters. The molecular weight excluding hydrogens is 305 g/mol. The van der Waals surface area contributed by atoms with Gasteiger partial charge in [0, 0.05) is 0 Å². The number of hydrogen-bond donors (Lipinski definition) is 0. The van der Waals surface area contributed by atoms with E-state index < -0.39 is 40.5 Å². The van der Waals surface area contributed by atoms with E-state index in [4.69, 9.17) is 11.6 Å². The summed E-state index contributed by atoms with van der Waals surface area (Å²) in [6.07, 6.45) is -11.8. The van der Waals surface area contributed by atoms with E-state index in [9.17, 15) is 35.5 Å². The molecule has 0 heterocycles. The van der Waals surface area contributed by atoms with Crippen LogP contribution in [0.1, 0.15) is 10.4 Å². The molecule has 0 aromatic heterocycles. The van der Waals surface area contributed by atoms with E-state index in [0.717, 1.165) is 12.1 Å². The minimum absolute atomic E-state index is 0.545. The molecule has 19 heavy (non-hydrogen) atoms. The lowest BCUT2D eigenvalue weighted by atomic mass is 9.96. The first-order chi connectivity index (χ1) is 8.46. The Bertz CT molecular complexity index is 457. The number of carbonyl (C=O) groups excluding carboxylic acids is 1. The number of Topliss-reactive ketones (excluding diaryl/α,β-unsaturated/α-hetero) is 1. The van der Waals surface area contributed by atoms with Gasteiger partial charge in [0.05, 0.1) is 10.6 Å². The first-order valence-corrected chi connectivity index (χ1v) is 4.95. The fourth-order valence-electron chi connectivity index (χ4n) is 1.36. The summed E-state index contributed by atoms with van der Waals surface area (Å²) in [4.78, 5) is 11.3. The molecule has 0 saturated carbocycles. The Hall–Kier alpha value is -1.31. The van der Waals surface area contributed by atoms with Crippen molar-refractivity contribution in [2.24, 2.45) is 5.92 Å². The Labute approximate surface area is 107 Å². The quantitative estimate of drug-likeness (QED) is 0.584. The highest BCUT2D eigenvalue weighted by molar-refractivity contribution is 6.34. The first-order valence-electron chi connectivity index (χ1n) is 4.58. The summed E-state index contributed by atoms with van der Waals surface area (Å²) in [7, 11) is 0. The largest absolute Gasteiger partial charge is 0.407 e. The molecule has 106 valence electrons. The van der Waals surface area contributed by atoms with Crippen molar-refractivity contribution in [2.45, 2.75) is 12.4 Å². The number of hydrogen-bond acceptors (Lipinski definition) is 1. The Morgan fingerprint density at radius 3 is 1.89 bits per heavy atom. The van der Waals surface area contributed by atoms with Crippen LogP contribution >= 0.6 is 11.6 Å². The third kappa shape index (κ3) is 3.37. The highest BCUT2D eigenvalue weighted by Crippen LogP contribution is 2.42. The van der Waals surface area contributed by atoms with Gasteiger partial charge < -0.3 is 0 Å². The van der Waals surface area contributed by atoms with Gasteiger partial charge in [0.1, 0.15) is 5.82 Å². The molecule has 0 bridgehead atoms. The Balaban J connectivity index is 3.37. The Kier molecular flexibility index (Phi) is 4.14. The van der Waals surface area contributed by atoms with E-state index in [1.54, 1.807) is 0 Å².